The summed E-state index contributed by atoms with van der Waals surface area (Å²) in [4.78, 5) is 38.3. The van der Waals surface area contributed by atoms with Crippen LogP contribution in [0.1, 0.15) is 297 Å². The van der Waals surface area contributed by atoms with Gasteiger partial charge in [-0.15, -0.1) is 0 Å². The first-order chi connectivity index (χ1) is 38.5. The first-order valence-corrected chi connectivity index (χ1v) is 32.5. The van der Waals surface area contributed by atoms with Crippen LogP contribution in [0.3, 0.4) is 0 Å². The Bertz CT molecular complexity index is 1620. The van der Waals surface area contributed by atoms with Crippen LogP contribution in [0.25, 0.3) is 0 Å². The molecule has 0 amide bonds. The number of carbonyl (C=O) groups excluding carboxylic acids is 3. The van der Waals surface area contributed by atoms with E-state index in [-0.39, 0.29) is 31.1 Å². The predicted molar refractivity (Wildman–Crippen MR) is 339 cm³/mol. The van der Waals surface area contributed by atoms with Gasteiger partial charge in [-0.25, -0.2) is 0 Å². The van der Waals surface area contributed by atoms with Crippen LogP contribution in [0.5, 0.6) is 0 Å². The van der Waals surface area contributed by atoms with Crippen LogP contribution < -0.4 is 0 Å². The fourth-order valence-corrected chi connectivity index (χ4v) is 8.80. The summed E-state index contributed by atoms with van der Waals surface area (Å²) in [6.07, 6.45) is 90.6. The molecule has 0 heterocycles. The highest BCUT2D eigenvalue weighted by atomic mass is 16.6. The van der Waals surface area contributed by atoms with Gasteiger partial charge in [0.2, 0.25) is 0 Å². The summed E-state index contributed by atoms with van der Waals surface area (Å²) in [6, 6.07) is 0. The Morgan fingerprint density at radius 3 is 0.808 bits per heavy atom. The molecule has 444 valence electrons. The molecule has 0 aliphatic rings. The Hall–Kier alpha value is -4.19. The molecule has 6 nitrogen and oxygen atoms in total. The van der Waals surface area contributed by atoms with Crippen LogP contribution in [-0.4, -0.2) is 37.2 Å². The summed E-state index contributed by atoms with van der Waals surface area (Å²) in [6.45, 7) is 6.49. The molecule has 78 heavy (non-hydrogen) atoms. The lowest BCUT2D eigenvalue weighted by Gasteiger charge is -2.18. The highest BCUT2D eigenvalue weighted by molar-refractivity contribution is 5.71. The third kappa shape index (κ3) is 62.7. The lowest BCUT2D eigenvalue weighted by atomic mass is 10.1. The number of unbranched alkanes of at least 4 members (excludes halogenated alkanes) is 27. The lowest BCUT2D eigenvalue weighted by molar-refractivity contribution is -0.167. The molecule has 0 saturated heterocycles. The number of esters is 3. The highest BCUT2D eigenvalue weighted by Crippen LogP contribution is 2.15. The van der Waals surface area contributed by atoms with Crippen molar-refractivity contribution < 1.29 is 28.6 Å². The van der Waals surface area contributed by atoms with E-state index in [0.29, 0.717) is 19.3 Å². The van der Waals surface area contributed by atoms with Crippen molar-refractivity contribution in [3.63, 3.8) is 0 Å². The second-order valence-electron chi connectivity index (χ2n) is 21.3. The zero-order valence-electron chi connectivity index (χ0n) is 50.9. The summed E-state index contributed by atoms with van der Waals surface area (Å²) in [5.74, 6) is -0.927. The molecule has 0 saturated carbocycles. The van der Waals surface area contributed by atoms with Crippen LogP contribution in [0.2, 0.25) is 0 Å². The molecule has 0 aromatic heterocycles. The number of rotatable bonds is 58. The van der Waals surface area contributed by atoms with Gasteiger partial charge in [-0.1, -0.05) is 264 Å². The van der Waals surface area contributed by atoms with E-state index < -0.39 is 6.10 Å². The van der Waals surface area contributed by atoms with E-state index in [1.165, 1.54) is 128 Å². The van der Waals surface area contributed by atoms with Crippen LogP contribution in [0.15, 0.2) is 122 Å². The second-order valence-corrected chi connectivity index (χ2v) is 21.3. The Kier molecular flexibility index (Phi) is 61.8. The van der Waals surface area contributed by atoms with Crippen molar-refractivity contribution in [3.05, 3.63) is 122 Å². The van der Waals surface area contributed by atoms with Crippen molar-refractivity contribution in [3.8, 4) is 0 Å². The SMILES string of the molecule is CC/C=C\C/C=C\C/C=C\C/C=C\C/C=C\C/C=C\C/C=C\C/C=C\CCCCCCC(=O)OCC(COC(=O)CCCCCCC/C=C\CCCCCC)OC(=O)CCCCCCCCC/C=C\CCCCCCCCC. The van der Waals surface area contributed by atoms with Gasteiger partial charge in [0.1, 0.15) is 13.2 Å². The van der Waals surface area contributed by atoms with Gasteiger partial charge in [-0.3, -0.25) is 14.4 Å². The van der Waals surface area contributed by atoms with Crippen LogP contribution >= 0.6 is 0 Å². The van der Waals surface area contributed by atoms with Crippen LogP contribution in [-0.2, 0) is 28.6 Å². The third-order valence-electron chi connectivity index (χ3n) is 13.7. The first-order valence-electron chi connectivity index (χ1n) is 32.5. The van der Waals surface area contributed by atoms with Crippen molar-refractivity contribution in [2.24, 2.45) is 0 Å². The van der Waals surface area contributed by atoms with E-state index in [1.807, 2.05) is 0 Å². The highest BCUT2D eigenvalue weighted by Gasteiger charge is 2.19. The van der Waals surface area contributed by atoms with Gasteiger partial charge >= 0.3 is 17.9 Å². The summed E-state index contributed by atoms with van der Waals surface area (Å²) in [5, 5.41) is 0. The normalized spacial score (nSPS) is 12.9. The summed E-state index contributed by atoms with van der Waals surface area (Å²) >= 11 is 0. The number of ether oxygens (including phenoxy) is 3. The van der Waals surface area contributed by atoms with E-state index in [2.05, 4.69) is 142 Å². The van der Waals surface area contributed by atoms with Crippen molar-refractivity contribution in [1.29, 1.82) is 0 Å². The molecule has 0 fully saturated rings. The van der Waals surface area contributed by atoms with Crippen molar-refractivity contribution in [2.45, 2.75) is 303 Å². The van der Waals surface area contributed by atoms with Gasteiger partial charge in [-0.05, 0) is 135 Å². The number of carbonyl (C=O) groups is 3. The largest absolute Gasteiger partial charge is 0.462 e. The molecule has 0 spiro atoms. The van der Waals surface area contributed by atoms with Gasteiger partial charge in [0.15, 0.2) is 6.10 Å². The average Bonchev–Trinajstić information content (AvgIpc) is 3.44. The fraction of sp³-hybridized carbons (Fsp3) is 0.681. The van der Waals surface area contributed by atoms with Gasteiger partial charge in [0, 0.05) is 19.3 Å². The standard InChI is InChI=1S/C72H120O6/c1-4-7-10-13-16-19-22-25-27-29-31-32-33-34-35-36-37-38-39-40-41-43-44-47-50-53-56-59-62-65-71(74)77-68-69(67-76-70(73)64-61-58-55-52-49-46-24-21-18-15-12-9-6-3)78-72(75)66-63-60-57-54-51-48-45-42-30-28-26-23-20-17-14-11-8-5-2/h7,10,16,19,21,24-25,27-28,30-32,34-35,37-38,40-41,44,47,69H,4-6,8-9,11-15,17-18,20,22-23,26,29,33,36,39,42-43,45-46,48-68H2,1-3H3/b10-7-,19-16-,24-21-,27-25-,30-28-,32-31-,35-34-,38-37-,41-40-,47-44-. The molecule has 0 bridgehead atoms. The summed E-state index contributed by atoms with van der Waals surface area (Å²) < 4.78 is 16.9. The summed E-state index contributed by atoms with van der Waals surface area (Å²) in [5.41, 5.74) is 0. The number of allylic oxidation sites excluding steroid dienone is 20. The van der Waals surface area contributed by atoms with Crippen LogP contribution in [0.4, 0.5) is 0 Å². The zero-order valence-corrected chi connectivity index (χ0v) is 50.9. The molecule has 0 aliphatic carbocycles. The Morgan fingerprint density at radius 2 is 0.500 bits per heavy atom. The van der Waals surface area contributed by atoms with E-state index in [4.69, 9.17) is 14.2 Å². The van der Waals surface area contributed by atoms with Gasteiger partial charge in [0.05, 0.1) is 0 Å². The average molecular weight is 1080 g/mol. The van der Waals surface area contributed by atoms with Crippen molar-refractivity contribution in [1.82, 2.24) is 0 Å². The smallest absolute Gasteiger partial charge is 0.306 e. The van der Waals surface area contributed by atoms with E-state index in [9.17, 15) is 14.4 Å². The first kappa shape index (κ1) is 73.8. The number of hydrogen-bond donors (Lipinski definition) is 0. The zero-order chi connectivity index (χ0) is 56.4. The molecule has 1 unspecified atom stereocenters. The van der Waals surface area contributed by atoms with Gasteiger partial charge in [0.25, 0.3) is 0 Å². The third-order valence-corrected chi connectivity index (χ3v) is 13.7. The molecule has 0 N–H and O–H groups in total. The second kappa shape index (κ2) is 65.3. The molecule has 0 aliphatic heterocycles. The van der Waals surface area contributed by atoms with Gasteiger partial charge in [-0.2, -0.15) is 0 Å². The van der Waals surface area contributed by atoms with E-state index in [1.54, 1.807) is 0 Å². The molecular formula is C72H120O6. The predicted octanol–water partition coefficient (Wildman–Crippen LogP) is 22.4. The topological polar surface area (TPSA) is 78.9 Å². The quantitative estimate of drug-likeness (QED) is 0.0261. The summed E-state index contributed by atoms with van der Waals surface area (Å²) in [7, 11) is 0. The molecule has 0 radical (unpaired) electrons. The maximum Gasteiger partial charge on any atom is 0.306 e. The number of hydrogen-bond acceptors (Lipinski definition) is 6. The van der Waals surface area contributed by atoms with E-state index >= 15 is 0 Å². The minimum atomic E-state index is -0.798. The van der Waals surface area contributed by atoms with Crippen molar-refractivity contribution in [2.75, 3.05) is 13.2 Å². The Labute approximate surface area is 482 Å². The Balaban J connectivity index is 4.39. The van der Waals surface area contributed by atoms with Gasteiger partial charge < -0.3 is 14.2 Å². The molecule has 0 aromatic carbocycles. The van der Waals surface area contributed by atoms with E-state index in [0.717, 1.165) is 128 Å². The maximum absolute atomic E-state index is 12.9. The molecule has 0 aromatic rings. The maximum atomic E-state index is 12.9. The molecule has 1 atom stereocenters. The minimum absolute atomic E-state index is 0.0935. The van der Waals surface area contributed by atoms with Crippen molar-refractivity contribution >= 4 is 17.9 Å². The molecule has 0 rings (SSSR count). The monoisotopic (exact) mass is 1080 g/mol. The lowest BCUT2D eigenvalue weighted by Crippen LogP contribution is -2.30. The molecular weight excluding hydrogens is 961 g/mol. The minimum Gasteiger partial charge on any atom is -0.462 e. The fourth-order valence-electron chi connectivity index (χ4n) is 8.80. The Morgan fingerprint density at radius 1 is 0.269 bits per heavy atom. The van der Waals surface area contributed by atoms with Crippen LogP contribution in [0, 0.1) is 0 Å². The molecule has 6 heteroatoms.